The highest BCUT2D eigenvalue weighted by Gasteiger charge is 2.59. The van der Waals surface area contributed by atoms with Gasteiger partial charge in [0, 0.05) is 24.0 Å². The maximum atomic E-state index is 12.9. The number of carboxylic acid groups (broad SMARTS) is 2. The van der Waals surface area contributed by atoms with Crippen LogP contribution in [0.4, 0.5) is 0 Å². The molecule has 0 spiro atoms. The Hall–Kier alpha value is -4.41. The Morgan fingerprint density at radius 2 is 1.52 bits per heavy atom. The van der Waals surface area contributed by atoms with Crippen molar-refractivity contribution in [1.29, 1.82) is 0 Å². The van der Waals surface area contributed by atoms with Gasteiger partial charge in [0.25, 0.3) is 0 Å². The minimum atomic E-state index is -3.36. The molecule has 210 valence electrons. The zero-order valence-electron chi connectivity index (χ0n) is 22.5. The van der Waals surface area contributed by atoms with E-state index in [-0.39, 0.29) is 11.1 Å². The Labute approximate surface area is 231 Å². The monoisotopic (exact) mass is 548 g/mol. The lowest BCUT2D eigenvalue weighted by Gasteiger charge is -2.30. The maximum Gasteiger partial charge on any atom is 0.360 e. The smallest absolute Gasteiger partial charge is 0.360 e. The molecule has 1 fully saturated rings. The van der Waals surface area contributed by atoms with Gasteiger partial charge in [-0.3, -0.25) is 14.7 Å². The van der Waals surface area contributed by atoms with Crippen molar-refractivity contribution < 1.29 is 39.2 Å². The number of ether oxygens (including phenoxy) is 1. The molecule has 0 amide bonds. The van der Waals surface area contributed by atoms with E-state index >= 15 is 0 Å². The van der Waals surface area contributed by atoms with Crippen LogP contribution in [0.1, 0.15) is 56.3 Å². The number of aliphatic hydroxyl groups is 1. The number of hydrogen-bond acceptors (Lipinski definition) is 8. The number of ketones is 1. The number of hydrogen-bond donors (Lipinski definition) is 3. The second kappa shape index (κ2) is 13.1. The summed E-state index contributed by atoms with van der Waals surface area (Å²) in [6.07, 6.45) is 3.58. The van der Waals surface area contributed by atoms with E-state index in [1.54, 1.807) is 26.0 Å². The van der Waals surface area contributed by atoms with E-state index in [4.69, 9.17) is 9.84 Å². The van der Waals surface area contributed by atoms with Gasteiger partial charge in [-0.2, -0.15) is 0 Å². The molecule has 0 bridgehead atoms. The lowest BCUT2D eigenvalue weighted by molar-refractivity contribution is -0.176. The highest BCUT2D eigenvalue weighted by Crippen LogP contribution is 2.29. The predicted octanol–water partition coefficient (Wildman–Crippen LogP) is 3.46. The number of aliphatic hydroxyl groups excluding tert-OH is 1. The van der Waals surface area contributed by atoms with Crippen LogP contribution in [0.5, 0.6) is 0 Å². The summed E-state index contributed by atoms with van der Waals surface area (Å²) in [5.74, 6) is -6.76. The number of esters is 1. The molecule has 1 saturated heterocycles. The summed E-state index contributed by atoms with van der Waals surface area (Å²) in [5, 5.41) is 28.9. The summed E-state index contributed by atoms with van der Waals surface area (Å²) in [6, 6.07) is 16.0. The van der Waals surface area contributed by atoms with Crippen LogP contribution in [0.25, 0.3) is 0 Å². The normalized spacial score (nSPS) is 17.1. The summed E-state index contributed by atoms with van der Waals surface area (Å²) in [5.41, 5.74) is -0.772. The molecule has 1 aromatic heterocycles. The quantitative estimate of drug-likeness (QED) is 0.217. The van der Waals surface area contributed by atoms with Crippen molar-refractivity contribution in [2.24, 2.45) is 0 Å². The molecule has 3 unspecified atom stereocenters. The molecule has 4 rings (SSSR count). The largest absolute Gasteiger partial charge is 0.479 e. The predicted molar refractivity (Wildman–Crippen MR) is 145 cm³/mol. The van der Waals surface area contributed by atoms with Gasteiger partial charge in [-0.15, -0.1) is 0 Å². The summed E-state index contributed by atoms with van der Waals surface area (Å²) < 4.78 is 4.88. The van der Waals surface area contributed by atoms with Gasteiger partial charge in [0.05, 0.1) is 5.56 Å². The van der Waals surface area contributed by atoms with Gasteiger partial charge in [-0.25, -0.2) is 14.4 Å². The van der Waals surface area contributed by atoms with Crippen molar-refractivity contribution >= 4 is 23.7 Å². The van der Waals surface area contributed by atoms with E-state index in [1.165, 1.54) is 61.3 Å². The first-order chi connectivity index (χ1) is 19.0. The van der Waals surface area contributed by atoms with Gasteiger partial charge in [-0.1, -0.05) is 53.6 Å². The zero-order valence-corrected chi connectivity index (χ0v) is 22.5. The molecule has 2 heterocycles. The number of aliphatic carboxylic acids is 2. The molecule has 10 nitrogen and oxygen atoms in total. The molecule has 40 heavy (non-hydrogen) atoms. The molecule has 1 aliphatic rings. The van der Waals surface area contributed by atoms with Crippen LogP contribution < -0.4 is 0 Å². The van der Waals surface area contributed by atoms with E-state index in [9.17, 15) is 29.4 Å². The average molecular weight is 549 g/mol. The first-order valence-corrected chi connectivity index (χ1v) is 12.6. The SMILES string of the molecule is CN1CCCC1c1cccnc1.Cc1ccc(C(=O)OC(C(=O)O)(C(=O)c2ccc(C)cc2)C(O)C(=O)O)cc1. The fourth-order valence-corrected chi connectivity index (χ4v) is 4.38. The molecule has 0 aliphatic carbocycles. The van der Waals surface area contributed by atoms with E-state index < -0.39 is 35.4 Å². The molecule has 3 atom stereocenters. The van der Waals surface area contributed by atoms with Crippen molar-refractivity contribution in [3.8, 4) is 0 Å². The first-order valence-electron chi connectivity index (χ1n) is 12.6. The summed E-state index contributed by atoms with van der Waals surface area (Å²) in [7, 11) is 2.19. The average Bonchev–Trinajstić information content (AvgIpc) is 3.38. The van der Waals surface area contributed by atoms with Crippen LogP contribution in [-0.2, 0) is 14.3 Å². The first kappa shape index (κ1) is 30.1. The Morgan fingerprint density at radius 1 is 0.950 bits per heavy atom. The highest BCUT2D eigenvalue weighted by atomic mass is 16.6. The number of likely N-dealkylation sites (tertiary alicyclic amines) is 1. The van der Waals surface area contributed by atoms with Crippen molar-refractivity contribution in [2.75, 3.05) is 13.6 Å². The van der Waals surface area contributed by atoms with E-state index in [0.29, 0.717) is 6.04 Å². The third kappa shape index (κ3) is 6.77. The Morgan fingerprint density at radius 3 is 1.98 bits per heavy atom. The van der Waals surface area contributed by atoms with Gasteiger partial charge < -0.3 is 20.1 Å². The number of carbonyl (C=O) groups excluding carboxylic acids is 2. The maximum absolute atomic E-state index is 12.9. The number of aromatic nitrogens is 1. The van der Waals surface area contributed by atoms with E-state index in [2.05, 4.69) is 23.0 Å². The summed E-state index contributed by atoms with van der Waals surface area (Å²) in [4.78, 5) is 55.2. The number of carboxylic acids is 2. The van der Waals surface area contributed by atoms with Crippen molar-refractivity contribution in [3.05, 3.63) is 101 Å². The number of pyridine rings is 1. The van der Waals surface area contributed by atoms with Crippen LogP contribution in [0.15, 0.2) is 73.1 Å². The molecule has 10 heteroatoms. The van der Waals surface area contributed by atoms with Crippen molar-refractivity contribution in [3.63, 3.8) is 0 Å². The molecule has 0 saturated carbocycles. The fraction of sp³-hybridized carbons (Fsp3) is 0.300. The van der Waals surface area contributed by atoms with Crippen LogP contribution in [0, 0.1) is 13.8 Å². The fourth-order valence-electron chi connectivity index (χ4n) is 4.38. The Bertz CT molecular complexity index is 1340. The van der Waals surface area contributed by atoms with Crippen molar-refractivity contribution in [2.45, 2.75) is 44.4 Å². The molecule has 1 aliphatic heterocycles. The number of Topliss-reactive ketones (excluding diaryl/α,β-unsaturated/α-hetero) is 1. The van der Waals surface area contributed by atoms with E-state index in [1.807, 2.05) is 18.5 Å². The van der Waals surface area contributed by atoms with Crippen molar-refractivity contribution in [1.82, 2.24) is 9.88 Å². The lowest BCUT2D eigenvalue weighted by atomic mass is 9.86. The third-order valence-electron chi connectivity index (χ3n) is 6.72. The van der Waals surface area contributed by atoms with E-state index in [0.717, 1.165) is 11.1 Å². The van der Waals surface area contributed by atoms with Gasteiger partial charge in [0.1, 0.15) is 0 Å². The zero-order chi connectivity index (χ0) is 29.4. The number of carbonyl (C=O) groups is 4. The molecular formula is C30H32N2O8. The van der Waals surface area contributed by atoms with Crippen LogP contribution in [-0.4, -0.2) is 74.2 Å². The summed E-state index contributed by atoms with van der Waals surface area (Å²) >= 11 is 0. The molecule has 3 aromatic rings. The Balaban J connectivity index is 0.000000302. The molecular weight excluding hydrogens is 516 g/mol. The van der Waals surface area contributed by atoms with Gasteiger partial charge in [0.15, 0.2) is 0 Å². The lowest BCUT2D eigenvalue weighted by Crippen LogP contribution is -2.61. The highest BCUT2D eigenvalue weighted by molar-refractivity contribution is 6.19. The standard InChI is InChI=1S/C20H18O8.C10H14N2/c1-11-3-7-13(8-4-11)15(21)20(19(26)27,16(22)17(23)24)28-18(25)14-9-5-12(2)6-10-14;1-12-7-3-5-10(12)9-4-2-6-11-8-9/h3-10,16,22H,1-2H3,(H,23,24)(H,26,27);2,4,6,8,10H,3,5,7H2,1H3. The number of aryl methyl sites for hydroxylation is 2. The van der Waals surface area contributed by atoms with Gasteiger partial charge in [0.2, 0.25) is 11.9 Å². The second-order valence-corrected chi connectivity index (χ2v) is 9.66. The summed E-state index contributed by atoms with van der Waals surface area (Å²) in [6.45, 7) is 4.70. The minimum Gasteiger partial charge on any atom is -0.479 e. The Kier molecular flexibility index (Phi) is 9.87. The number of nitrogens with zero attached hydrogens (tertiary/aromatic N) is 2. The second-order valence-electron chi connectivity index (χ2n) is 9.66. The topological polar surface area (TPSA) is 154 Å². The van der Waals surface area contributed by atoms with Crippen LogP contribution in [0.3, 0.4) is 0 Å². The molecule has 3 N–H and O–H groups in total. The minimum absolute atomic E-state index is 0.106. The third-order valence-corrected chi connectivity index (χ3v) is 6.72. The molecule has 2 aromatic carbocycles. The van der Waals surface area contributed by atoms with Crippen LogP contribution in [0.2, 0.25) is 0 Å². The van der Waals surface area contributed by atoms with Crippen LogP contribution >= 0.6 is 0 Å². The number of benzene rings is 2. The van der Waals surface area contributed by atoms with Gasteiger partial charge >= 0.3 is 23.5 Å². The number of rotatable bonds is 8. The van der Waals surface area contributed by atoms with Gasteiger partial charge in [-0.05, 0) is 64.0 Å². The molecule has 0 radical (unpaired) electrons.